The molecule has 2 fully saturated rings. The highest BCUT2D eigenvalue weighted by Crippen LogP contribution is 2.13. The summed E-state index contributed by atoms with van der Waals surface area (Å²) in [5.74, 6) is 0.0682. The van der Waals surface area contributed by atoms with Gasteiger partial charge < -0.3 is 15.0 Å². The summed E-state index contributed by atoms with van der Waals surface area (Å²) < 4.78 is 5.40. The maximum Gasteiger partial charge on any atom is 0.238 e. The van der Waals surface area contributed by atoms with Gasteiger partial charge in [0.25, 0.3) is 0 Å². The van der Waals surface area contributed by atoms with Crippen molar-refractivity contribution in [3.05, 3.63) is 65.7 Å². The lowest BCUT2D eigenvalue weighted by atomic mass is 10.1. The Labute approximate surface area is 185 Å². The van der Waals surface area contributed by atoms with Crippen LogP contribution in [0.3, 0.4) is 0 Å². The molecule has 2 aromatic rings. The monoisotopic (exact) mass is 422 g/mol. The van der Waals surface area contributed by atoms with Crippen molar-refractivity contribution in [1.82, 2.24) is 14.7 Å². The van der Waals surface area contributed by atoms with Crippen LogP contribution in [0.15, 0.2) is 54.6 Å². The molecule has 1 N–H and O–H groups in total. The van der Waals surface area contributed by atoms with E-state index in [4.69, 9.17) is 4.74 Å². The summed E-state index contributed by atoms with van der Waals surface area (Å²) in [5.41, 5.74) is 3.53. The molecule has 0 bridgehead atoms. The number of carbonyl (C=O) groups is 1. The lowest BCUT2D eigenvalue weighted by Gasteiger charge is -2.34. The van der Waals surface area contributed by atoms with E-state index in [1.54, 1.807) is 0 Å². The summed E-state index contributed by atoms with van der Waals surface area (Å²) in [6.45, 7) is 10.0. The van der Waals surface area contributed by atoms with Crippen molar-refractivity contribution in [2.75, 3.05) is 70.9 Å². The van der Waals surface area contributed by atoms with Gasteiger partial charge in [-0.25, -0.2) is 0 Å². The van der Waals surface area contributed by atoms with E-state index in [9.17, 15) is 4.79 Å². The molecule has 0 unspecified atom stereocenters. The van der Waals surface area contributed by atoms with Crippen molar-refractivity contribution in [3.63, 3.8) is 0 Å². The number of nitrogens with zero attached hydrogens (tertiary/aromatic N) is 3. The second kappa shape index (κ2) is 11.4. The van der Waals surface area contributed by atoms with Gasteiger partial charge >= 0.3 is 0 Å². The third-order valence-corrected chi connectivity index (χ3v) is 6.14. The van der Waals surface area contributed by atoms with Crippen LogP contribution in [0.2, 0.25) is 0 Å². The minimum atomic E-state index is 0.0682. The lowest BCUT2D eigenvalue weighted by molar-refractivity contribution is -0.117. The Morgan fingerprint density at radius 1 is 0.774 bits per heavy atom. The van der Waals surface area contributed by atoms with Crippen LogP contribution in [-0.2, 0) is 22.5 Å². The molecule has 0 radical (unpaired) electrons. The first-order valence-corrected chi connectivity index (χ1v) is 11.4. The molecule has 2 aliphatic rings. The van der Waals surface area contributed by atoms with Crippen molar-refractivity contribution in [3.8, 4) is 0 Å². The van der Waals surface area contributed by atoms with E-state index in [0.717, 1.165) is 77.7 Å². The Kier molecular flexibility index (Phi) is 8.07. The first-order valence-electron chi connectivity index (χ1n) is 11.4. The maximum atomic E-state index is 12.5. The normalized spacial score (nSPS) is 18.7. The zero-order chi connectivity index (χ0) is 21.3. The number of hydrogen-bond acceptors (Lipinski definition) is 5. The van der Waals surface area contributed by atoms with Crippen LogP contribution in [0, 0.1) is 0 Å². The highest BCUT2D eigenvalue weighted by atomic mass is 16.5. The molecule has 1 amide bonds. The minimum absolute atomic E-state index is 0.0682. The molecule has 2 heterocycles. The van der Waals surface area contributed by atoms with E-state index in [-0.39, 0.29) is 5.91 Å². The third-order valence-electron chi connectivity index (χ3n) is 6.14. The van der Waals surface area contributed by atoms with E-state index in [1.807, 2.05) is 12.1 Å². The van der Waals surface area contributed by atoms with Crippen LogP contribution in [0.5, 0.6) is 0 Å². The molecular weight excluding hydrogens is 388 g/mol. The van der Waals surface area contributed by atoms with E-state index >= 15 is 0 Å². The van der Waals surface area contributed by atoms with Crippen LogP contribution in [0.1, 0.15) is 11.1 Å². The molecule has 2 aromatic carbocycles. The number of anilines is 1. The summed E-state index contributed by atoms with van der Waals surface area (Å²) in [6.07, 6.45) is 1.09. The van der Waals surface area contributed by atoms with E-state index in [0.29, 0.717) is 6.54 Å². The molecule has 0 atom stereocenters. The van der Waals surface area contributed by atoms with Gasteiger partial charge in [0.05, 0.1) is 19.8 Å². The average molecular weight is 423 g/mol. The Hall–Kier alpha value is -2.25. The standard InChI is InChI=1S/C25H34N4O2/c30-25(26-24-8-6-23(7-9-24)20-29-16-18-31-19-17-29)21-28-14-12-27(13-15-28)11-10-22-4-2-1-3-5-22/h1-9H,10-21H2,(H,26,30). The number of nitrogens with one attached hydrogen (secondary N) is 1. The van der Waals surface area contributed by atoms with Crippen LogP contribution in [0.25, 0.3) is 0 Å². The molecule has 166 valence electrons. The van der Waals surface area contributed by atoms with Crippen molar-refractivity contribution >= 4 is 11.6 Å². The fourth-order valence-electron chi connectivity index (χ4n) is 4.22. The fourth-order valence-corrected chi connectivity index (χ4v) is 4.22. The molecule has 0 saturated carbocycles. The second-order valence-electron chi connectivity index (χ2n) is 8.49. The van der Waals surface area contributed by atoms with E-state index in [1.165, 1.54) is 11.1 Å². The molecule has 6 heteroatoms. The molecule has 0 aliphatic carbocycles. The van der Waals surface area contributed by atoms with Gasteiger partial charge in [-0.1, -0.05) is 42.5 Å². The predicted octanol–water partition coefficient (Wildman–Crippen LogP) is 2.32. The fraction of sp³-hybridized carbons (Fsp3) is 0.480. The molecule has 2 saturated heterocycles. The summed E-state index contributed by atoms with van der Waals surface area (Å²) in [4.78, 5) is 19.6. The van der Waals surface area contributed by atoms with Gasteiger partial charge in [-0.2, -0.15) is 0 Å². The van der Waals surface area contributed by atoms with E-state index in [2.05, 4.69) is 62.5 Å². The lowest BCUT2D eigenvalue weighted by Crippen LogP contribution is -2.49. The Morgan fingerprint density at radius 3 is 2.16 bits per heavy atom. The summed E-state index contributed by atoms with van der Waals surface area (Å²) in [5, 5.41) is 3.05. The van der Waals surface area contributed by atoms with Gasteiger partial charge in [-0.15, -0.1) is 0 Å². The molecule has 0 spiro atoms. The Balaban J connectivity index is 1.15. The maximum absolute atomic E-state index is 12.5. The smallest absolute Gasteiger partial charge is 0.238 e. The number of carbonyl (C=O) groups excluding carboxylic acids is 1. The van der Waals surface area contributed by atoms with Gasteiger partial charge in [-0.3, -0.25) is 14.6 Å². The summed E-state index contributed by atoms with van der Waals surface area (Å²) >= 11 is 0. The van der Waals surface area contributed by atoms with Crippen LogP contribution in [-0.4, -0.2) is 86.2 Å². The molecule has 0 aromatic heterocycles. The largest absolute Gasteiger partial charge is 0.379 e. The first kappa shape index (κ1) is 22.0. The number of benzene rings is 2. The van der Waals surface area contributed by atoms with Crippen molar-refractivity contribution in [1.29, 1.82) is 0 Å². The number of piperazine rings is 1. The van der Waals surface area contributed by atoms with Gasteiger partial charge in [-0.05, 0) is 29.7 Å². The molecular formula is C25H34N4O2. The highest BCUT2D eigenvalue weighted by molar-refractivity contribution is 5.92. The minimum Gasteiger partial charge on any atom is -0.379 e. The number of hydrogen-bond donors (Lipinski definition) is 1. The van der Waals surface area contributed by atoms with Crippen molar-refractivity contribution in [2.24, 2.45) is 0 Å². The number of morpholine rings is 1. The van der Waals surface area contributed by atoms with Gasteiger partial charge in [0.2, 0.25) is 5.91 Å². The Morgan fingerprint density at radius 2 is 1.45 bits per heavy atom. The van der Waals surface area contributed by atoms with Crippen LogP contribution >= 0.6 is 0 Å². The SMILES string of the molecule is O=C(CN1CCN(CCc2ccccc2)CC1)Nc1ccc(CN2CCOCC2)cc1. The van der Waals surface area contributed by atoms with Gasteiger partial charge in [0.15, 0.2) is 0 Å². The zero-order valence-electron chi connectivity index (χ0n) is 18.3. The third kappa shape index (κ3) is 7.14. The quantitative estimate of drug-likeness (QED) is 0.708. The van der Waals surface area contributed by atoms with Crippen molar-refractivity contribution in [2.45, 2.75) is 13.0 Å². The number of ether oxygens (including phenoxy) is 1. The first-order chi connectivity index (χ1) is 15.2. The topological polar surface area (TPSA) is 48.1 Å². The highest BCUT2D eigenvalue weighted by Gasteiger charge is 2.19. The number of rotatable bonds is 8. The van der Waals surface area contributed by atoms with Crippen LogP contribution in [0.4, 0.5) is 5.69 Å². The average Bonchev–Trinajstić information content (AvgIpc) is 2.81. The number of amides is 1. The van der Waals surface area contributed by atoms with E-state index < -0.39 is 0 Å². The predicted molar refractivity (Wildman–Crippen MR) is 124 cm³/mol. The second-order valence-corrected chi connectivity index (χ2v) is 8.49. The van der Waals surface area contributed by atoms with Crippen molar-refractivity contribution < 1.29 is 9.53 Å². The van der Waals surface area contributed by atoms with Gasteiger partial charge in [0.1, 0.15) is 0 Å². The summed E-state index contributed by atoms with van der Waals surface area (Å²) in [6, 6.07) is 18.9. The van der Waals surface area contributed by atoms with Crippen LogP contribution < -0.4 is 5.32 Å². The van der Waals surface area contributed by atoms with Gasteiger partial charge in [0, 0.05) is 58.0 Å². The zero-order valence-corrected chi connectivity index (χ0v) is 18.3. The molecule has 6 nitrogen and oxygen atoms in total. The molecule has 4 rings (SSSR count). The molecule has 31 heavy (non-hydrogen) atoms. The molecule has 2 aliphatic heterocycles. The Bertz CT molecular complexity index is 798. The summed E-state index contributed by atoms with van der Waals surface area (Å²) in [7, 11) is 0.